The van der Waals surface area contributed by atoms with Crippen molar-refractivity contribution in [1.82, 2.24) is 0 Å². The third kappa shape index (κ3) is 2.87. The molecular formula is C22H17FN2O2. The van der Waals surface area contributed by atoms with Gasteiger partial charge in [0.25, 0.3) is 5.91 Å². The van der Waals surface area contributed by atoms with Crippen LogP contribution >= 0.6 is 0 Å². The summed E-state index contributed by atoms with van der Waals surface area (Å²) < 4.78 is 13.3. The molecule has 1 heterocycles. The Hall–Kier alpha value is -3.47. The zero-order chi connectivity index (χ0) is 19.0. The van der Waals surface area contributed by atoms with Crippen LogP contribution in [0.4, 0.5) is 15.8 Å². The Morgan fingerprint density at radius 1 is 0.926 bits per heavy atom. The molecule has 0 N–H and O–H groups in total. The number of nitrogens with zero attached hydrogens (tertiary/aromatic N) is 2. The molecule has 1 aliphatic heterocycles. The highest BCUT2D eigenvalue weighted by molar-refractivity contribution is 6.13. The lowest BCUT2D eigenvalue weighted by molar-refractivity contribution is -0.122. The fraction of sp³-hybridized carbons (Fsp3) is 0.0909. The second-order valence-corrected chi connectivity index (χ2v) is 6.36. The van der Waals surface area contributed by atoms with Crippen molar-refractivity contribution >= 4 is 23.2 Å². The maximum Gasteiger partial charge on any atom is 0.258 e. The first-order chi connectivity index (χ1) is 13.1. The van der Waals surface area contributed by atoms with Gasteiger partial charge < -0.3 is 0 Å². The average molecular weight is 360 g/mol. The van der Waals surface area contributed by atoms with Crippen LogP contribution in [0.2, 0.25) is 0 Å². The lowest BCUT2D eigenvalue weighted by Gasteiger charge is -2.31. The molecule has 0 aliphatic carbocycles. The van der Waals surface area contributed by atoms with Gasteiger partial charge in [-0.3, -0.25) is 9.59 Å². The molecule has 3 aromatic rings. The number of hydrogen-bond acceptors (Lipinski definition) is 2. The highest BCUT2D eigenvalue weighted by Gasteiger charge is 2.42. The fourth-order valence-electron chi connectivity index (χ4n) is 3.49. The second-order valence-electron chi connectivity index (χ2n) is 6.36. The first kappa shape index (κ1) is 17.0. The summed E-state index contributed by atoms with van der Waals surface area (Å²) in [6.07, 6.45) is 0. The summed E-state index contributed by atoms with van der Waals surface area (Å²) in [4.78, 5) is 25.9. The smallest absolute Gasteiger partial charge is 0.258 e. The van der Waals surface area contributed by atoms with Gasteiger partial charge in [-0.2, -0.15) is 0 Å². The number of hydrazine groups is 1. The van der Waals surface area contributed by atoms with Gasteiger partial charge in [0.15, 0.2) is 0 Å². The first-order valence-electron chi connectivity index (χ1n) is 8.62. The van der Waals surface area contributed by atoms with Crippen LogP contribution in [0.15, 0.2) is 78.9 Å². The van der Waals surface area contributed by atoms with Gasteiger partial charge in [0.05, 0.1) is 17.3 Å². The SMILES string of the molecule is CC(=O)N(c1ccc(F)cc1)N1C(=O)[C@H](c2ccccc2)c2ccccc21. The van der Waals surface area contributed by atoms with Gasteiger partial charge >= 0.3 is 0 Å². The van der Waals surface area contributed by atoms with E-state index in [9.17, 15) is 14.0 Å². The van der Waals surface area contributed by atoms with Gasteiger partial charge in [0, 0.05) is 6.92 Å². The van der Waals surface area contributed by atoms with E-state index in [0.717, 1.165) is 11.1 Å². The molecule has 1 atom stereocenters. The van der Waals surface area contributed by atoms with Crippen LogP contribution in [0.25, 0.3) is 0 Å². The maximum absolute atomic E-state index is 13.4. The Balaban J connectivity index is 1.86. The van der Waals surface area contributed by atoms with Crippen LogP contribution in [0.1, 0.15) is 24.0 Å². The summed E-state index contributed by atoms with van der Waals surface area (Å²) in [6.45, 7) is 1.38. The van der Waals surface area contributed by atoms with Gasteiger partial charge in [-0.15, -0.1) is 0 Å². The van der Waals surface area contributed by atoms with Crippen molar-refractivity contribution in [1.29, 1.82) is 0 Å². The summed E-state index contributed by atoms with van der Waals surface area (Å²) in [5.41, 5.74) is 2.78. The Morgan fingerprint density at radius 3 is 2.22 bits per heavy atom. The number of fused-ring (bicyclic) bond motifs is 1. The molecule has 0 unspecified atom stereocenters. The van der Waals surface area contributed by atoms with E-state index in [-0.39, 0.29) is 11.8 Å². The lowest BCUT2D eigenvalue weighted by Crippen LogP contribution is -2.48. The predicted octanol–water partition coefficient (Wildman–Crippen LogP) is 4.27. The van der Waals surface area contributed by atoms with E-state index in [1.165, 1.54) is 41.2 Å². The number of carbonyl (C=O) groups excluding carboxylic acids is 2. The molecule has 4 nitrogen and oxygen atoms in total. The van der Waals surface area contributed by atoms with Crippen molar-refractivity contribution in [3.05, 3.63) is 95.8 Å². The molecule has 1 aliphatic rings. The normalized spacial score (nSPS) is 15.6. The van der Waals surface area contributed by atoms with E-state index in [1.807, 2.05) is 54.6 Å². The van der Waals surface area contributed by atoms with Crippen molar-refractivity contribution < 1.29 is 14.0 Å². The molecule has 0 bridgehead atoms. The summed E-state index contributed by atoms with van der Waals surface area (Å²) in [7, 11) is 0. The molecule has 5 heteroatoms. The molecular weight excluding hydrogens is 343 g/mol. The Labute approximate surface area is 156 Å². The average Bonchev–Trinajstić information content (AvgIpc) is 2.96. The van der Waals surface area contributed by atoms with Crippen LogP contribution in [0, 0.1) is 5.82 Å². The van der Waals surface area contributed by atoms with Crippen molar-refractivity contribution in [3.63, 3.8) is 0 Å². The zero-order valence-corrected chi connectivity index (χ0v) is 14.7. The fourth-order valence-corrected chi connectivity index (χ4v) is 3.49. The highest BCUT2D eigenvalue weighted by atomic mass is 19.1. The van der Waals surface area contributed by atoms with E-state index in [0.29, 0.717) is 11.4 Å². The third-order valence-corrected chi connectivity index (χ3v) is 4.63. The van der Waals surface area contributed by atoms with Crippen LogP contribution < -0.4 is 10.0 Å². The number of hydrogen-bond donors (Lipinski definition) is 0. The molecule has 3 aromatic carbocycles. The minimum Gasteiger partial charge on any atom is -0.273 e. The zero-order valence-electron chi connectivity index (χ0n) is 14.7. The summed E-state index contributed by atoms with van der Waals surface area (Å²) in [5, 5.41) is 2.69. The van der Waals surface area contributed by atoms with Crippen molar-refractivity contribution in [3.8, 4) is 0 Å². The lowest BCUT2D eigenvalue weighted by atomic mass is 9.93. The van der Waals surface area contributed by atoms with Gasteiger partial charge in [-0.25, -0.2) is 14.4 Å². The minimum absolute atomic E-state index is 0.220. The number of amides is 2. The molecule has 0 radical (unpaired) electrons. The van der Waals surface area contributed by atoms with E-state index in [1.54, 1.807) is 0 Å². The third-order valence-electron chi connectivity index (χ3n) is 4.63. The van der Waals surface area contributed by atoms with Crippen molar-refractivity contribution in [2.24, 2.45) is 0 Å². The van der Waals surface area contributed by atoms with Gasteiger partial charge in [-0.05, 0) is 41.5 Å². The maximum atomic E-state index is 13.4. The van der Waals surface area contributed by atoms with E-state index in [2.05, 4.69) is 0 Å². The Kier molecular flexibility index (Phi) is 4.20. The first-order valence-corrected chi connectivity index (χ1v) is 8.62. The number of anilines is 2. The molecule has 0 saturated heterocycles. The molecule has 0 saturated carbocycles. The van der Waals surface area contributed by atoms with E-state index in [4.69, 9.17) is 0 Å². The van der Waals surface area contributed by atoms with Gasteiger partial charge in [-0.1, -0.05) is 48.5 Å². The number of para-hydroxylation sites is 1. The van der Waals surface area contributed by atoms with Crippen LogP contribution in [-0.4, -0.2) is 11.8 Å². The number of carbonyl (C=O) groups is 2. The Morgan fingerprint density at radius 2 is 1.56 bits per heavy atom. The second kappa shape index (κ2) is 6.68. The molecule has 0 spiro atoms. The molecule has 2 amide bonds. The number of benzene rings is 3. The number of rotatable bonds is 3. The standard InChI is InChI=1S/C22H17FN2O2/c1-15(26)24(18-13-11-17(23)12-14-18)25-20-10-6-5-9-19(20)21(22(25)27)16-7-3-2-4-8-16/h2-14,21H,1H3/t21-/m1/s1. The monoisotopic (exact) mass is 360 g/mol. The molecule has 134 valence electrons. The molecule has 4 rings (SSSR count). The largest absolute Gasteiger partial charge is 0.273 e. The van der Waals surface area contributed by atoms with E-state index < -0.39 is 11.7 Å². The topological polar surface area (TPSA) is 40.6 Å². The highest BCUT2D eigenvalue weighted by Crippen LogP contribution is 2.42. The summed E-state index contributed by atoms with van der Waals surface area (Å²) in [5.74, 6) is -1.46. The van der Waals surface area contributed by atoms with Crippen molar-refractivity contribution in [2.75, 3.05) is 10.0 Å². The molecule has 0 aromatic heterocycles. The molecule has 27 heavy (non-hydrogen) atoms. The summed E-state index contributed by atoms with van der Waals surface area (Å²) >= 11 is 0. The predicted molar refractivity (Wildman–Crippen MR) is 102 cm³/mol. The Bertz CT molecular complexity index is 1000. The van der Waals surface area contributed by atoms with Crippen molar-refractivity contribution in [2.45, 2.75) is 12.8 Å². The van der Waals surface area contributed by atoms with Crippen LogP contribution in [-0.2, 0) is 9.59 Å². The van der Waals surface area contributed by atoms with Crippen LogP contribution in [0.3, 0.4) is 0 Å². The van der Waals surface area contributed by atoms with Crippen LogP contribution in [0.5, 0.6) is 0 Å². The van der Waals surface area contributed by atoms with Gasteiger partial charge in [0.2, 0.25) is 5.91 Å². The quantitative estimate of drug-likeness (QED) is 0.700. The van der Waals surface area contributed by atoms with E-state index >= 15 is 0 Å². The molecule has 0 fully saturated rings. The summed E-state index contributed by atoms with van der Waals surface area (Å²) in [6, 6.07) is 22.4. The van der Waals surface area contributed by atoms with Gasteiger partial charge in [0.1, 0.15) is 5.82 Å². The minimum atomic E-state index is -0.496. The number of halogens is 1.